The van der Waals surface area contributed by atoms with E-state index in [1.165, 1.54) is 7.11 Å². The average Bonchev–Trinajstić information content (AvgIpc) is 3.20. The maximum atomic E-state index is 12.8. The number of hydrogen-bond donors (Lipinski definition) is 1. The zero-order chi connectivity index (χ0) is 20.4. The Hall–Kier alpha value is -3.87. The second-order valence-electron chi connectivity index (χ2n) is 6.47. The van der Waals surface area contributed by atoms with Crippen LogP contribution in [-0.4, -0.2) is 34.7 Å². The van der Waals surface area contributed by atoms with E-state index in [-0.39, 0.29) is 11.6 Å². The van der Waals surface area contributed by atoms with Crippen LogP contribution in [0.5, 0.6) is 11.5 Å². The van der Waals surface area contributed by atoms with E-state index in [2.05, 4.69) is 15.4 Å². The van der Waals surface area contributed by atoms with Crippen LogP contribution in [0.3, 0.4) is 0 Å². The maximum Gasteiger partial charge on any atom is 0.276 e. The summed E-state index contributed by atoms with van der Waals surface area (Å²) in [7, 11) is 3.11. The molecule has 1 amide bonds. The Morgan fingerprint density at radius 2 is 1.79 bits per heavy atom. The van der Waals surface area contributed by atoms with Crippen LogP contribution in [0.2, 0.25) is 0 Å². The third-order valence-corrected chi connectivity index (χ3v) is 4.56. The van der Waals surface area contributed by atoms with E-state index in [0.717, 1.165) is 17.0 Å². The molecule has 0 aliphatic carbocycles. The molecule has 2 aromatic carbocycles. The number of benzene rings is 2. The number of fused-ring (bicyclic) bond motifs is 1. The zero-order valence-electron chi connectivity index (χ0n) is 16.3. The van der Waals surface area contributed by atoms with Crippen molar-refractivity contribution in [1.29, 1.82) is 0 Å². The predicted molar refractivity (Wildman–Crippen MR) is 111 cm³/mol. The molecular weight excluding hydrogens is 368 g/mol. The van der Waals surface area contributed by atoms with Crippen LogP contribution in [0.15, 0.2) is 60.7 Å². The Morgan fingerprint density at radius 1 is 1.00 bits per heavy atom. The van der Waals surface area contributed by atoms with Gasteiger partial charge >= 0.3 is 0 Å². The summed E-state index contributed by atoms with van der Waals surface area (Å²) in [5.41, 5.74) is 4.13. The molecule has 146 valence electrons. The first-order valence-corrected chi connectivity index (χ1v) is 9.05. The van der Waals surface area contributed by atoms with E-state index in [4.69, 9.17) is 9.47 Å². The molecule has 4 aromatic rings. The maximum absolute atomic E-state index is 12.8. The third-order valence-electron chi connectivity index (χ3n) is 4.56. The van der Waals surface area contributed by atoms with Crippen LogP contribution in [0.25, 0.3) is 16.9 Å². The summed E-state index contributed by atoms with van der Waals surface area (Å²) < 4.78 is 12.2. The number of nitrogens with one attached hydrogen (secondary N) is 1. The fourth-order valence-corrected chi connectivity index (χ4v) is 3.08. The SMILES string of the molecule is COc1ccc(NC(=O)c2cc3nc(-c4ccccc4)cc(C)n3n2)c(OC)c1. The molecule has 0 radical (unpaired) electrons. The molecule has 0 aliphatic heterocycles. The van der Waals surface area contributed by atoms with E-state index >= 15 is 0 Å². The van der Waals surface area contributed by atoms with Gasteiger partial charge in [-0.2, -0.15) is 5.10 Å². The minimum absolute atomic E-state index is 0.267. The molecule has 2 heterocycles. The topological polar surface area (TPSA) is 77.8 Å². The smallest absolute Gasteiger partial charge is 0.276 e. The Labute approximate surface area is 167 Å². The molecule has 0 aliphatic rings. The van der Waals surface area contributed by atoms with Crippen LogP contribution in [0.4, 0.5) is 5.69 Å². The molecule has 0 unspecified atom stereocenters. The highest BCUT2D eigenvalue weighted by atomic mass is 16.5. The molecule has 0 atom stereocenters. The summed E-state index contributed by atoms with van der Waals surface area (Å²) in [6.45, 7) is 1.93. The van der Waals surface area contributed by atoms with Gasteiger partial charge in [-0.1, -0.05) is 30.3 Å². The minimum atomic E-state index is -0.348. The van der Waals surface area contributed by atoms with Gasteiger partial charge in [0.1, 0.15) is 11.5 Å². The number of hydrogen-bond acceptors (Lipinski definition) is 5. The zero-order valence-corrected chi connectivity index (χ0v) is 16.3. The van der Waals surface area contributed by atoms with Gasteiger partial charge in [0.25, 0.3) is 5.91 Å². The molecule has 0 saturated carbocycles. The van der Waals surface area contributed by atoms with Crippen molar-refractivity contribution in [3.8, 4) is 22.8 Å². The lowest BCUT2D eigenvalue weighted by Gasteiger charge is -2.10. The first-order valence-electron chi connectivity index (χ1n) is 9.05. The van der Waals surface area contributed by atoms with Crippen LogP contribution in [-0.2, 0) is 0 Å². The van der Waals surface area contributed by atoms with Gasteiger partial charge in [-0.3, -0.25) is 4.79 Å². The molecule has 0 bridgehead atoms. The molecule has 4 rings (SSSR count). The van der Waals surface area contributed by atoms with Crippen LogP contribution in [0.1, 0.15) is 16.2 Å². The molecule has 0 saturated heterocycles. The quantitative estimate of drug-likeness (QED) is 0.560. The van der Waals surface area contributed by atoms with Gasteiger partial charge in [0, 0.05) is 23.4 Å². The average molecular weight is 388 g/mol. The fourth-order valence-electron chi connectivity index (χ4n) is 3.08. The predicted octanol–water partition coefficient (Wildman–Crippen LogP) is 3.97. The van der Waals surface area contributed by atoms with Crippen LogP contribution < -0.4 is 14.8 Å². The number of amides is 1. The summed E-state index contributed by atoms with van der Waals surface area (Å²) in [5.74, 6) is 0.794. The number of methoxy groups -OCH3 is 2. The van der Waals surface area contributed by atoms with E-state index in [9.17, 15) is 4.79 Å². The molecular formula is C22H20N4O3. The van der Waals surface area contributed by atoms with E-state index in [1.807, 2.05) is 43.3 Å². The summed E-state index contributed by atoms with van der Waals surface area (Å²) in [6.07, 6.45) is 0. The van der Waals surface area contributed by atoms with Gasteiger partial charge in [0.2, 0.25) is 0 Å². The van der Waals surface area contributed by atoms with Gasteiger partial charge in [0.15, 0.2) is 11.3 Å². The van der Waals surface area contributed by atoms with Gasteiger partial charge in [-0.25, -0.2) is 9.50 Å². The second kappa shape index (κ2) is 7.63. The molecule has 29 heavy (non-hydrogen) atoms. The molecule has 0 fully saturated rings. The fraction of sp³-hybridized carbons (Fsp3) is 0.136. The number of rotatable bonds is 5. The second-order valence-corrected chi connectivity index (χ2v) is 6.47. The normalized spacial score (nSPS) is 10.7. The Morgan fingerprint density at radius 3 is 2.52 bits per heavy atom. The highest BCUT2D eigenvalue weighted by Gasteiger charge is 2.16. The molecule has 2 aromatic heterocycles. The summed E-state index contributed by atoms with van der Waals surface area (Å²) >= 11 is 0. The summed E-state index contributed by atoms with van der Waals surface area (Å²) in [4.78, 5) is 17.4. The Balaban J connectivity index is 1.66. The number of carbonyl (C=O) groups is 1. The Kier molecular flexibility index (Phi) is 4.87. The summed E-state index contributed by atoms with van der Waals surface area (Å²) in [6, 6.07) is 18.7. The summed E-state index contributed by atoms with van der Waals surface area (Å²) in [5, 5.41) is 7.24. The highest BCUT2D eigenvalue weighted by Crippen LogP contribution is 2.29. The van der Waals surface area contributed by atoms with Crippen molar-refractivity contribution >= 4 is 17.2 Å². The highest BCUT2D eigenvalue weighted by molar-refractivity contribution is 6.04. The number of nitrogens with zero attached hydrogens (tertiary/aromatic N) is 3. The first kappa shape index (κ1) is 18.5. The van der Waals surface area contributed by atoms with Crippen molar-refractivity contribution in [2.24, 2.45) is 0 Å². The lowest BCUT2D eigenvalue weighted by molar-refractivity contribution is 0.102. The minimum Gasteiger partial charge on any atom is -0.497 e. The lowest BCUT2D eigenvalue weighted by Crippen LogP contribution is -2.13. The van der Waals surface area contributed by atoms with Crippen molar-refractivity contribution in [3.05, 3.63) is 72.1 Å². The van der Waals surface area contributed by atoms with Crippen molar-refractivity contribution in [3.63, 3.8) is 0 Å². The number of anilines is 1. The van der Waals surface area contributed by atoms with Gasteiger partial charge in [-0.05, 0) is 25.1 Å². The van der Waals surface area contributed by atoms with Crippen molar-refractivity contribution in [2.75, 3.05) is 19.5 Å². The molecule has 7 heteroatoms. The number of ether oxygens (including phenoxy) is 2. The van der Waals surface area contributed by atoms with Crippen LogP contribution in [0, 0.1) is 6.92 Å². The van der Waals surface area contributed by atoms with Gasteiger partial charge in [0.05, 0.1) is 25.6 Å². The van der Waals surface area contributed by atoms with Crippen molar-refractivity contribution < 1.29 is 14.3 Å². The number of aromatic nitrogens is 3. The van der Waals surface area contributed by atoms with E-state index in [0.29, 0.717) is 22.8 Å². The van der Waals surface area contributed by atoms with Gasteiger partial charge < -0.3 is 14.8 Å². The van der Waals surface area contributed by atoms with Crippen molar-refractivity contribution in [2.45, 2.75) is 6.92 Å². The van der Waals surface area contributed by atoms with E-state index in [1.54, 1.807) is 35.9 Å². The van der Waals surface area contributed by atoms with Crippen LogP contribution >= 0.6 is 0 Å². The number of aryl methyl sites for hydroxylation is 1. The Bertz CT molecular complexity index is 1190. The first-order chi connectivity index (χ1) is 14.1. The largest absolute Gasteiger partial charge is 0.497 e. The number of carbonyl (C=O) groups excluding carboxylic acids is 1. The standard InChI is InChI=1S/C22H20N4O3/c1-14-11-18(15-7-5-4-6-8-15)23-21-13-19(25-26(14)21)22(27)24-17-10-9-16(28-2)12-20(17)29-3/h4-13H,1-3H3,(H,24,27). The molecule has 0 spiro atoms. The molecule has 7 nitrogen and oxygen atoms in total. The van der Waals surface area contributed by atoms with Crippen molar-refractivity contribution in [1.82, 2.24) is 14.6 Å². The van der Waals surface area contributed by atoms with E-state index < -0.39 is 0 Å². The molecule has 1 N–H and O–H groups in total. The monoisotopic (exact) mass is 388 g/mol. The van der Waals surface area contributed by atoms with Gasteiger partial charge in [-0.15, -0.1) is 0 Å². The third kappa shape index (κ3) is 3.62. The lowest BCUT2D eigenvalue weighted by atomic mass is 10.1.